The number of pyridine rings is 1. The number of rotatable bonds is 7. The van der Waals surface area contributed by atoms with Gasteiger partial charge in [-0.3, -0.25) is 9.78 Å². The lowest BCUT2D eigenvalue weighted by Gasteiger charge is -2.16. The van der Waals surface area contributed by atoms with Crippen molar-refractivity contribution in [3.63, 3.8) is 0 Å². The lowest BCUT2D eigenvalue weighted by Crippen LogP contribution is -2.24. The van der Waals surface area contributed by atoms with Crippen LogP contribution in [-0.4, -0.2) is 24.6 Å². The van der Waals surface area contributed by atoms with E-state index in [1.54, 1.807) is 25.6 Å². The third-order valence-corrected chi connectivity index (χ3v) is 3.46. The molecule has 1 unspecified atom stereocenters. The van der Waals surface area contributed by atoms with E-state index in [4.69, 9.17) is 9.47 Å². The topological polar surface area (TPSA) is 60.5 Å². The van der Waals surface area contributed by atoms with Crippen molar-refractivity contribution in [1.82, 2.24) is 10.3 Å². The van der Waals surface area contributed by atoms with Crippen LogP contribution in [0.4, 0.5) is 0 Å². The summed E-state index contributed by atoms with van der Waals surface area (Å²) >= 11 is 0. The van der Waals surface area contributed by atoms with E-state index in [-0.39, 0.29) is 11.9 Å². The predicted octanol–water partition coefficient (Wildman–Crippen LogP) is 3.38. The summed E-state index contributed by atoms with van der Waals surface area (Å²) in [6.07, 6.45) is 6.62. The second-order valence-electron chi connectivity index (χ2n) is 5.19. The molecule has 2 rings (SSSR count). The van der Waals surface area contributed by atoms with Crippen LogP contribution in [0.15, 0.2) is 48.8 Å². The third-order valence-electron chi connectivity index (χ3n) is 3.46. The highest BCUT2D eigenvalue weighted by Crippen LogP contribution is 2.30. The van der Waals surface area contributed by atoms with Gasteiger partial charge in [-0.2, -0.15) is 0 Å². The molecule has 0 saturated heterocycles. The van der Waals surface area contributed by atoms with Crippen LogP contribution in [0.25, 0.3) is 6.08 Å². The van der Waals surface area contributed by atoms with Crippen molar-refractivity contribution >= 4 is 12.0 Å². The van der Waals surface area contributed by atoms with Crippen molar-refractivity contribution < 1.29 is 14.3 Å². The van der Waals surface area contributed by atoms with Crippen LogP contribution in [-0.2, 0) is 4.79 Å². The molecule has 0 bridgehead atoms. The normalized spacial score (nSPS) is 12.0. The van der Waals surface area contributed by atoms with E-state index < -0.39 is 0 Å². The third kappa shape index (κ3) is 4.84. The molecular weight excluding hydrogens is 304 g/mol. The molecule has 1 N–H and O–H groups in total. The maximum Gasteiger partial charge on any atom is 0.244 e. The largest absolute Gasteiger partial charge is 0.493 e. The van der Waals surface area contributed by atoms with E-state index in [1.807, 2.05) is 44.2 Å². The molecule has 1 atom stereocenters. The minimum atomic E-state index is -0.167. The number of aromatic nitrogens is 1. The summed E-state index contributed by atoms with van der Waals surface area (Å²) in [5.41, 5.74) is 1.82. The van der Waals surface area contributed by atoms with Crippen LogP contribution in [0.5, 0.6) is 11.5 Å². The zero-order valence-electron chi connectivity index (χ0n) is 14.2. The molecule has 5 nitrogen and oxygen atoms in total. The molecule has 1 aromatic heterocycles. The minimum Gasteiger partial charge on any atom is -0.493 e. The summed E-state index contributed by atoms with van der Waals surface area (Å²) in [4.78, 5) is 16.1. The van der Waals surface area contributed by atoms with Gasteiger partial charge < -0.3 is 14.8 Å². The molecular formula is C19H22N2O3. The van der Waals surface area contributed by atoms with Crippen molar-refractivity contribution in [2.24, 2.45) is 0 Å². The smallest absolute Gasteiger partial charge is 0.244 e. The van der Waals surface area contributed by atoms with Gasteiger partial charge in [0.15, 0.2) is 11.5 Å². The Balaban J connectivity index is 2.02. The number of carbonyl (C=O) groups is 1. The van der Waals surface area contributed by atoms with Crippen LogP contribution in [0.1, 0.15) is 31.0 Å². The predicted molar refractivity (Wildman–Crippen MR) is 94.0 cm³/mol. The number of hydrogen-bond acceptors (Lipinski definition) is 4. The molecule has 0 aliphatic heterocycles. The fourth-order valence-electron chi connectivity index (χ4n) is 2.22. The average molecular weight is 326 g/mol. The van der Waals surface area contributed by atoms with Gasteiger partial charge in [-0.15, -0.1) is 0 Å². The van der Waals surface area contributed by atoms with Gasteiger partial charge in [0.05, 0.1) is 19.8 Å². The fourth-order valence-corrected chi connectivity index (χ4v) is 2.22. The van der Waals surface area contributed by atoms with Gasteiger partial charge in [-0.1, -0.05) is 12.1 Å². The van der Waals surface area contributed by atoms with Gasteiger partial charge in [-0.25, -0.2) is 0 Å². The summed E-state index contributed by atoms with van der Waals surface area (Å²) in [5, 5.41) is 2.93. The molecule has 24 heavy (non-hydrogen) atoms. The van der Waals surface area contributed by atoms with E-state index >= 15 is 0 Å². The highest BCUT2D eigenvalue weighted by atomic mass is 16.5. The summed E-state index contributed by atoms with van der Waals surface area (Å²) < 4.78 is 10.8. The fraction of sp³-hybridized carbons (Fsp3) is 0.263. The molecule has 0 saturated carbocycles. The zero-order valence-corrected chi connectivity index (χ0v) is 14.2. The molecule has 2 aromatic rings. The first kappa shape index (κ1) is 17.5. The van der Waals surface area contributed by atoms with Crippen LogP contribution < -0.4 is 14.8 Å². The second-order valence-corrected chi connectivity index (χ2v) is 5.19. The second kappa shape index (κ2) is 8.72. The van der Waals surface area contributed by atoms with Crippen molar-refractivity contribution in [2.45, 2.75) is 19.9 Å². The van der Waals surface area contributed by atoms with E-state index in [0.717, 1.165) is 11.1 Å². The summed E-state index contributed by atoms with van der Waals surface area (Å²) in [7, 11) is 1.60. The van der Waals surface area contributed by atoms with Crippen LogP contribution in [0, 0.1) is 0 Å². The number of carbonyl (C=O) groups excluding carboxylic acids is 1. The van der Waals surface area contributed by atoms with Gasteiger partial charge in [0, 0.05) is 18.5 Å². The van der Waals surface area contributed by atoms with Gasteiger partial charge in [-0.05, 0) is 49.2 Å². The van der Waals surface area contributed by atoms with E-state index in [0.29, 0.717) is 18.1 Å². The van der Waals surface area contributed by atoms with Gasteiger partial charge in [0.25, 0.3) is 0 Å². The van der Waals surface area contributed by atoms with Crippen molar-refractivity contribution in [1.29, 1.82) is 0 Å². The Labute approximate surface area is 142 Å². The molecule has 1 heterocycles. The Morgan fingerprint density at radius 2 is 2.17 bits per heavy atom. The monoisotopic (exact) mass is 326 g/mol. The Morgan fingerprint density at radius 3 is 2.83 bits per heavy atom. The lowest BCUT2D eigenvalue weighted by molar-refractivity contribution is -0.117. The van der Waals surface area contributed by atoms with Crippen LogP contribution in [0.3, 0.4) is 0 Å². The van der Waals surface area contributed by atoms with Gasteiger partial charge in [0.2, 0.25) is 5.91 Å². The van der Waals surface area contributed by atoms with Gasteiger partial charge >= 0.3 is 0 Å². The first-order valence-electron chi connectivity index (χ1n) is 7.83. The van der Waals surface area contributed by atoms with E-state index in [9.17, 15) is 4.79 Å². The molecule has 0 spiro atoms. The molecule has 0 aliphatic rings. The number of hydrogen-bond donors (Lipinski definition) is 1. The zero-order chi connectivity index (χ0) is 17.4. The van der Waals surface area contributed by atoms with Crippen LogP contribution in [0.2, 0.25) is 0 Å². The quantitative estimate of drug-likeness (QED) is 0.792. The number of benzene rings is 1. The van der Waals surface area contributed by atoms with Crippen molar-refractivity contribution in [3.8, 4) is 11.5 Å². The van der Waals surface area contributed by atoms with Crippen LogP contribution >= 0.6 is 0 Å². The summed E-state index contributed by atoms with van der Waals surface area (Å²) in [6.45, 7) is 4.41. The summed E-state index contributed by atoms with van der Waals surface area (Å²) in [6, 6.07) is 9.21. The lowest BCUT2D eigenvalue weighted by atomic mass is 10.1. The van der Waals surface area contributed by atoms with Crippen molar-refractivity contribution in [3.05, 3.63) is 59.9 Å². The Kier molecular flexibility index (Phi) is 6.37. The molecule has 0 radical (unpaired) electrons. The number of amides is 1. The number of ether oxygens (including phenoxy) is 2. The number of methoxy groups -OCH3 is 1. The number of nitrogens with zero attached hydrogens (tertiary/aromatic N) is 1. The Bertz CT molecular complexity index is 699. The first-order chi connectivity index (χ1) is 11.6. The molecule has 0 aliphatic carbocycles. The number of nitrogens with one attached hydrogen (secondary N) is 1. The Morgan fingerprint density at radius 1 is 1.33 bits per heavy atom. The SMILES string of the molecule is CCOc1ccc(C(C)NC(=O)/C=C/c2cccnc2)cc1OC. The standard InChI is InChI=1S/C19H22N2O3/c1-4-24-17-9-8-16(12-18(17)23-3)14(2)21-19(22)10-7-15-6-5-11-20-13-15/h5-14H,4H2,1-3H3,(H,21,22)/b10-7+. The molecule has 1 amide bonds. The minimum absolute atomic E-state index is 0.152. The maximum absolute atomic E-state index is 12.0. The molecule has 5 heteroatoms. The Hall–Kier alpha value is -2.82. The maximum atomic E-state index is 12.0. The molecule has 0 fully saturated rings. The highest BCUT2D eigenvalue weighted by Gasteiger charge is 2.11. The van der Waals surface area contributed by atoms with Crippen molar-refractivity contribution in [2.75, 3.05) is 13.7 Å². The first-order valence-corrected chi connectivity index (χ1v) is 7.83. The highest BCUT2D eigenvalue weighted by molar-refractivity contribution is 5.91. The van der Waals surface area contributed by atoms with Gasteiger partial charge in [0.1, 0.15) is 0 Å². The molecule has 1 aromatic carbocycles. The average Bonchev–Trinajstić information content (AvgIpc) is 2.61. The van der Waals surface area contributed by atoms with E-state index in [1.165, 1.54) is 6.08 Å². The summed E-state index contributed by atoms with van der Waals surface area (Å²) in [5.74, 6) is 1.18. The molecule has 126 valence electrons. The van der Waals surface area contributed by atoms with E-state index in [2.05, 4.69) is 10.3 Å².